The summed E-state index contributed by atoms with van der Waals surface area (Å²) in [6.07, 6.45) is 0. The molecule has 0 fully saturated rings. The maximum atomic E-state index is 13.0. The Bertz CT molecular complexity index is 1200. The van der Waals surface area contributed by atoms with Crippen molar-refractivity contribution in [2.45, 2.75) is 26.7 Å². The first kappa shape index (κ1) is 25.3. The topological polar surface area (TPSA) is 108 Å². The molecule has 1 aliphatic heterocycles. The summed E-state index contributed by atoms with van der Waals surface area (Å²) in [5.41, 5.74) is 3.32. The highest BCUT2D eigenvalue weighted by Gasteiger charge is 2.45. The molecule has 176 valence electrons. The van der Waals surface area contributed by atoms with Gasteiger partial charge in [0, 0.05) is 16.6 Å². The summed E-state index contributed by atoms with van der Waals surface area (Å²) in [6.45, 7) is 5.60. The molecule has 9 heteroatoms. The molecule has 1 heterocycles. The van der Waals surface area contributed by atoms with Gasteiger partial charge in [0.25, 0.3) is 0 Å². The van der Waals surface area contributed by atoms with Crippen LogP contribution in [-0.2, 0) is 19.1 Å². The lowest BCUT2D eigenvalue weighted by atomic mass is 9.78. The van der Waals surface area contributed by atoms with Gasteiger partial charge in [-0.2, -0.15) is 5.26 Å². The number of benzene rings is 2. The Kier molecular flexibility index (Phi) is 8.37. The fourth-order valence-corrected chi connectivity index (χ4v) is 4.80. The molecule has 2 aromatic carbocycles. The number of nitrogens with one attached hydrogen (secondary N) is 2. The van der Waals surface area contributed by atoms with Crippen molar-refractivity contribution in [3.63, 3.8) is 0 Å². The summed E-state index contributed by atoms with van der Waals surface area (Å²) in [7, 11) is 0. The van der Waals surface area contributed by atoms with Crippen molar-refractivity contribution in [2.75, 3.05) is 17.7 Å². The van der Waals surface area contributed by atoms with Gasteiger partial charge >= 0.3 is 5.97 Å². The van der Waals surface area contributed by atoms with E-state index in [-0.39, 0.29) is 28.9 Å². The molecule has 0 saturated heterocycles. The van der Waals surface area contributed by atoms with Gasteiger partial charge in [-0.05, 0) is 49.6 Å². The second-order valence-corrected chi connectivity index (χ2v) is 9.05. The van der Waals surface area contributed by atoms with E-state index in [1.54, 1.807) is 31.2 Å². The number of rotatable bonds is 7. The van der Waals surface area contributed by atoms with Crippen molar-refractivity contribution in [2.24, 2.45) is 5.92 Å². The normalized spacial score (nSPS) is 17.6. The van der Waals surface area contributed by atoms with Crippen molar-refractivity contribution in [3.8, 4) is 6.07 Å². The average Bonchev–Trinajstić information content (AvgIpc) is 2.80. The number of esters is 1. The third kappa shape index (κ3) is 5.44. The van der Waals surface area contributed by atoms with E-state index in [0.717, 1.165) is 22.9 Å². The molecule has 3 rings (SSSR count). The van der Waals surface area contributed by atoms with E-state index in [4.69, 9.17) is 16.3 Å². The summed E-state index contributed by atoms with van der Waals surface area (Å²) in [4.78, 5) is 38.3. The van der Waals surface area contributed by atoms with Gasteiger partial charge in [-0.3, -0.25) is 14.4 Å². The number of carbonyl (C=O) groups is 3. The van der Waals surface area contributed by atoms with Crippen LogP contribution >= 0.6 is 23.4 Å². The second-order valence-electron chi connectivity index (χ2n) is 7.66. The SMILES string of the molecule is CCOC(=O)[C@@H]1C(=O)NC(SCC(=O)Nc2cccc(C)c2C)=C(C#N)[C@@H]1c1ccccc1Cl. The van der Waals surface area contributed by atoms with Gasteiger partial charge in [-0.25, -0.2) is 0 Å². The molecule has 0 saturated carbocycles. The Balaban J connectivity index is 1.92. The highest BCUT2D eigenvalue weighted by molar-refractivity contribution is 8.03. The van der Waals surface area contributed by atoms with Crippen LogP contribution in [0.4, 0.5) is 5.69 Å². The number of carbonyl (C=O) groups excluding carboxylic acids is 3. The third-order valence-corrected chi connectivity index (χ3v) is 6.90. The molecule has 0 aliphatic carbocycles. The van der Waals surface area contributed by atoms with E-state index in [2.05, 4.69) is 16.7 Å². The molecule has 2 amide bonds. The van der Waals surface area contributed by atoms with Crippen molar-refractivity contribution >= 4 is 46.8 Å². The zero-order valence-corrected chi connectivity index (χ0v) is 20.5. The van der Waals surface area contributed by atoms with Crippen molar-refractivity contribution < 1.29 is 19.1 Å². The van der Waals surface area contributed by atoms with Gasteiger partial charge in [0.15, 0.2) is 0 Å². The highest BCUT2D eigenvalue weighted by Crippen LogP contribution is 2.42. The van der Waals surface area contributed by atoms with E-state index in [0.29, 0.717) is 16.3 Å². The molecule has 2 atom stereocenters. The molecule has 0 bridgehead atoms. The number of ether oxygens (including phenoxy) is 1. The Morgan fingerprint density at radius 1 is 1.21 bits per heavy atom. The smallest absolute Gasteiger partial charge is 0.319 e. The fraction of sp³-hybridized carbons (Fsp3) is 0.280. The number of allylic oxidation sites excluding steroid dienone is 1. The molecule has 0 aromatic heterocycles. The zero-order chi connectivity index (χ0) is 24.8. The number of aryl methyl sites for hydroxylation is 1. The van der Waals surface area contributed by atoms with Crippen molar-refractivity contribution in [3.05, 3.63) is 74.8 Å². The maximum absolute atomic E-state index is 13.0. The van der Waals surface area contributed by atoms with Crippen LogP contribution < -0.4 is 10.6 Å². The first-order chi connectivity index (χ1) is 16.3. The Hall–Kier alpha value is -3.28. The van der Waals surface area contributed by atoms with E-state index in [1.165, 1.54) is 0 Å². The number of halogens is 1. The predicted molar refractivity (Wildman–Crippen MR) is 132 cm³/mol. The van der Waals surface area contributed by atoms with Crippen LogP contribution in [0.1, 0.15) is 29.5 Å². The van der Waals surface area contributed by atoms with Gasteiger partial charge in [0.2, 0.25) is 11.8 Å². The molecule has 0 radical (unpaired) electrons. The molecule has 2 aromatic rings. The molecule has 2 N–H and O–H groups in total. The summed E-state index contributed by atoms with van der Waals surface area (Å²) in [6, 6.07) is 14.5. The first-order valence-electron chi connectivity index (χ1n) is 10.6. The van der Waals surface area contributed by atoms with Gasteiger partial charge < -0.3 is 15.4 Å². The lowest BCUT2D eigenvalue weighted by Gasteiger charge is -2.31. The fourth-order valence-electron chi connectivity index (χ4n) is 3.70. The number of nitriles is 1. The largest absolute Gasteiger partial charge is 0.465 e. The summed E-state index contributed by atoms with van der Waals surface area (Å²) in [5, 5.41) is 16.0. The van der Waals surface area contributed by atoms with Crippen LogP contribution in [0.25, 0.3) is 0 Å². The Morgan fingerprint density at radius 2 is 1.94 bits per heavy atom. The van der Waals surface area contributed by atoms with E-state index in [9.17, 15) is 19.6 Å². The highest BCUT2D eigenvalue weighted by atomic mass is 35.5. The first-order valence-corrected chi connectivity index (χ1v) is 12.0. The maximum Gasteiger partial charge on any atom is 0.319 e. The minimum Gasteiger partial charge on any atom is -0.465 e. The van der Waals surface area contributed by atoms with Crippen LogP contribution in [0.15, 0.2) is 53.1 Å². The number of anilines is 1. The molecular weight excluding hydrogens is 474 g/mol. The summed E-state index contributed by atoms with van der Waals surface area (Å²) < 4.78 is 5.11. The van der Waals surface area contributed by atoms with E-state index >= 15 is 0 Å². The molecule has 0 spiro atoms. The standard InChI is InChI=1S/C25H24ClN3O4S/c1-4-33-25(32)22-21(16-9-5-6-10-18(16)26)17(12-27)24(29-23(22)31)34-13-20(30)28-19-11-7-8-14(2)15(19)3/h5-11,21-22H,4,13H2,1-3H3,(H,28,30)(H,29,31)/t21-,22-/m0/s1. The van der Waals surface area contributed by atoms with E-state index < -0.39 is 23.7 Å². The lowest BCUT2D eigenvalue weighted by Crippen LogP contribution is -2.44. The lowest BCUT2D eigenvalue weighted by molar-refractivity contribution is -0.152. The molecule has 34 heavy (non-hydrogen) atoms. The molecular formula is C25H24ClN3O4S. The quantitative estimate of drug-likeness (QED) is 0.432. The van der Waals surface area contributed by atoms with Crippen LogP contribution in [0.3, 0.4) is 0 Å². The van der Waals surface area contributed by atoms with Crippen molar-refractivity contribution in [1.82, 2.24) is 5.32 Å². The van der Waals surface area contributed by atoms with Crippen molar-refractivity contribution in [1.29, 1.82) is 5.26 Å². The third-order valence-electron chi connectivity index (χ3n) is 5.54. The van der Waals surface area contributed by atoms with Gasteiger partial charge in [-0.15, -0.1) is 0 Å². The van der Waals surface area contributed by atoms with Gasteiger partial charge in [-0.1, -0.05) is 53.7 Å². The molecule has 1 aliphatic rings. The monoisotopic (exact) mass is 497 g/mol. The number of amides is 2. The van der Waals surface area contributed by atoms with Crippen LogP contribution in [0.5, 0.6) is 0 Å². The number of hydrogen-bond donors (Lipinski definition) is 2. The number of nitrogens with zero attached hydrogens (tertiary/aromatic N) is 1. The number of thioether (sulfide) groups is 1. The second kappa shape index (κ2) is 11.2. The molecule has 7 nitrogen and oxygen atoms in total. The van der Waals surface area contributed by atoms with Crippen LogP contribution in [0.2, 0.25) is 5.02 Å². The minimum absolute atomic E-state index is 0.0481. The van der Waals surface area contributed by atoms with Gasteiger partial charge in [0.05, 0.1) is 29.0 Å². The summed E-state index contributed by atoms with van der Waals surface area (Å²) in [5.74, 6) is -3.90. The van der Waals surface area contributed by atoms with Crippen LogP contribution in [0, 0.1) is 31.1 Å². The molecule has 0 unspecified atom stereocenters. The average molecular weight is 498 g/mol. The Morgan fingerprint density at radius 3 is 2.62 bits per heavy atom. The zero-order valence-electron chi connectivity index (χ0n) is 19.0. The van der Waals surface area contributed by atoms with Crippen LogP contribution in [-0.4, -0.2) is 30.1 Å². The van der Waals surface area contributed by atoms with Gasteiger partial charge in [0.1, 0.15) is 5.92 Å². The number of hydrogen-bond acceptors (Lipinski definition) is 6. The predicted octanol–water partition coefficient (Wildman–Crippen LogP) is 4.46. The van der Waals surface area contributed by atoms with E-state index in [1.807, 2.05) is 32.0 Å². The summed E-state index contributed by atoms with van der Waals surface area (Å²) >= 11 is 7.40. The Labute approximate surface area is 207 Å². The minimum atomic E-state index is -1.28.